The molecule has 0 amide bonds. The van der Waals surface area contributed by atoms with Crippen LogP contribution in [0.1, 0.15) is 25.8 Å². The molecule has 0 aromatic heterocycles. The van der Waals surface area contributed by atoms with Crippen LogP contribution in [-0.2, 0) is 6.42 Å². The summed E-state index contributed by atoms with van der Waals surface area (Å²) < 4.78 is 0. The van der Waals surface area contributed by atoms with Crippen LogP contribution >= 0.6 is 0 Å². The fraction of sp³-hybridized carbons (Fsp3) is 0.500. The van der Waals surface area contributed by atoms with Crippen LogP contribution in [0.15, 0.2) is 18.2 Å². The van der Waals surface area contributed by atoms with Crippen molar-refractivity contribution in [1.82, 2.24) is 5.32 Å². The molecule has 0 saturated heterocycles. The van der Waals surface area contributed by atoms with E-state index in [1.54, 1.807) is 12.1 Å². The Morgan fingerprint density at radius 1 is 1.13 bits per heavy atom. The predicted octanol–water partition coefficient (Wildman–Crippen LogP) is 2.28. The second-order valence-electron chi connectivity index (χ2n) is 3.38. The lowest BCUT2D eigenvalue weighted by molar-refractivity contribution is 0.403. The number of aromatic hydroxyl groups is 2. The molecule has 0 aliphatic heterocycles. The lowest BCUT2D eigenvalue weighted by atomic mass is 10.1. The van der Waals surface area contributed by atoms with E-state index in [1.807, 2.05) is 7.05 Å². The molecule has 0 aliphatic rings. The SMILES string of the molecule is CCC.CNCCc1ccc(O)c(O)c1. The smallest absolute Gasteiger partial charge is 0.157 e. The largest absolute Gasteiger partial charge is 0.504 e. The lowest BCUT2D eigenvalue weighted by Crippen LogP contribution is -2.09. The van der Waals surface area contributed by atoms with Gasteiger partial charge >= 0.3 is 0 Å². The number of likely N-dealkylation sites (N-methyl/N-ethyl adjacent to an activating group) is 1. The van der Waals surface area contributed by atoms with Gasteiger partial charge in [0.15, 0.2) is 11.5 Å². The molecule has 1 rings (SSSR count). The summed E-state index contributed by atoms with van der Waals surface area (Å²) in [4.78, 5) is 0. The van der Waals surface area contributed by atoms with Gasteiger partial charge in [-0.3, -0.25) is 0 Å². The second-order valence-corrected chi connectivity index (χ2v) is 3.38. The van der Waals surface area contributed by atoms with E-state index in [-0.39, 0.29) is 11.5 Å². The van der Waals surface area contributed by atoms with Crippen molar-refractivity contribution in [2.75, 3.05) is 13.6 Å². The highest BCUT2D eigenvalue weighted by Crippen LogP contribution is 2.24. The second kappa shape index (κ2) is 8.12. The Morgan fingerprint density at radius 2 is 1.73 bits per heavy atom. The van der Waals surface area contributed by atoms with Crippen molar-refractivity contribution in [3.05, 3.63) is 23.8 Å². The molecular weight excluding hydrogens is 190 g/mol. The standard InChI is InChI=1S/C9H13NO2.C3H8/c1-10-5-4-7-2-3-8(11)9(12)6-7;1-3-2/h2-3,6,10-12H,4-5H2,1H3;3H2,1-2H3. The van der Waals surface area contributed by atoms with Gasteiger partial charge in [-0.15, -0.1) is 0 Å². The van der Waals surface area contributed by atoms with Crippen LogP contribution in [0, 0.1) is 0 Å². The molecule has 0 bridgehead atoms. The molecule has 1 aromatic carbocycles. The summed E-state index contributed by atoms with van der Waals surface area (Å²) in [5.74, 6) is -0.119. The third kappa shape index (κ3) is 5.96. The maximum Gasteiger partial charge on any atom is 0.157 e. The predicted molar refractivity (Wildman–Crippen MR) is 63.4 cm³/mol. The third-order valence-electron chi connectivity index (χ3n) is 1.70. The molecule has 0 saturated carbocycles. The number of rotatable bonds is 3. The number of phenols is 2. The van der Waals surface area contributed by atoms with Crippen LogP contribution in [0.3, 0.4) is 0 Å². The Kier molecular flexibility index (Phi) is 7.46. The maximum absolute atomic E-state index is 9.13. The minimum Gasteiger partial charge on any atom is -0.504 e. The summed E-state index contributed by atoms with van der Waals surface area (Å²) in [5.41, 5.74) is 1.01. The molecule has 0 radical (unpaired) electrons. The first-order chi connectivity index (χ1) is 7.15. The molecule has 0 heterocycles. The van der Waals surface area contributed by atoms with Crippen molar-refractivity contribution in [2.45, 2.75) is 26.7 Å². The lowest BCUT2D eigenvalue weighted by Gasteiger charge is -2.02. The fourth-order valence-electron chi connectivity index (χ4n) is 0.994. The van der Waals surface area contributed by atoms with Crippen molar-refractivity contribution >= 4 is 0 Å². The monoisotopic (exact) mass is 211 g/mol. The minimum atomic E-state index is -0.0665. The van der Waals surface area contributed by atoms with E-state index in [9.17, 15) is 0 Å². The molecule has 0 fully saturated rings. The number of phenolic OH excluding ortho intramolecular Hbond substituents is 2. The summed E-state index contributed by atoms with van der Waals surface area (Å²) in [6.07, 6.45) is 2.10. The first-order valence-electron chi connectivity index (χ1n) is 5.31. The minimum absolute atomic E-state index is 0.0522. The van der Waals surface area contributed by atoms with Crippen LogP contribution in [-0.4, -0.2) is 23.8 Å². The average Bonchev–Trinajstić information content (AvgIpc) is 2.21. The van der Waals surface area contributed by atoms with Crippen LogP contribution in [0.25, 0.3) is 0 Å². The van der Waals surface area contributed by atoms with E-state index in [0.717, 1.165) is 18.5 Å². The normalized spacial score (nSPS) is 9.27. The van der Waals surface area contributed by atoms with Crippen LogP contribution in [0.4, 0.5) is 0 Å². The number of nitrogens with one attached hydrogen (secondary N) is 1. The van der Waals surface area contributed by atoms with E-state index >= 15 is 0 Å². The van der Waals surface area contributed by atoms with Crippen LogP contribution in [0.5, 0.6) is 11.5 Å². The zero-order valence-electron chi connectivity index (χ0n) is 9.75. The zero-order chi connectivity index (χ0) is 11.7. The molecule has 3 N–H and O–H groups in total. The molecule has 86 valence electrons. The quantitative estimate of drug-likeness (QED) is 0.672. The Hall–Kier alpha value is -1.22. The molecule has 0 atom stereocenters. The highest BCUT2D eigenvalue weighted by molar-refractivity contribution is 5.40. The summed E-state index contributed by atoms with van der Waals surface area (Å²) in [6, 6.07) is 4.87. The Bertz CT molecular complexity index is 274. The maximum atomic E-state index is 9.13. The molecular formula is C12H21NO2. The van der Waals surface area contributed by atoms with E-state index in [2.05, 4.69) is 19.2 Å². The Morgan fingerprint density at radius 3 is 2.20 bits per heavy atom. The first kappa shape index (κ1) is 13.8. The number of hydrogen-bond acceptors (Lipinski definition) is 3. The van der Waals surface area contributed by atoms with Gasteiger partial charge in [0, 0.05) is 0 Å². The number of hydrogen-bond donors (Lipinski definition) is 3. The van der Waals surface area contributed by atoms with E-state index in [0.29, 0.717) is 0 Å². The molecule has 0 spiro atoms. The van der Waals surface area contributed by atoms with Gasteiger partial charge in [0.1, 0.15) is 0 Å². The molecule has 0 unspecified atom stereocenters. The van der Waals surface area contributed by atoms with Gasteiger partial charge in [-0.2, -0.15) is 0 Å². The van der Waals surface area contributed by atoms with E-state index < -0.39 is 0 Å². The highest BCUT2D eigenvalue weighted by atomic mass is 16.3. The number of benzene rings is 1. The van der Waals surface area contributed by atoms with Crippen molar-refractivity contribution in [1.29, 1.82) is 0 Å². The van der Waals surface area contributed by atoms with Crippen LogP contribution in [0.2, 0.25) is 0 Å². The van der Waals surface area contributed by atoms with Crippen molar-refractivity contribution in [3.8, 4) is 11.5 Å². The Balaban J connectivity index is 0.000000583. The molecule has 1 aromatic rings. The molecule has 0 aliphatic carbocycles. The van der Waals surface area contributed by atoms with E-state index in [4.69, 9.17) is 10.2 Å². The molecule has 15 heavy (non-hydrogen) atoms. The van der Waals surface area contributed by atoms with Gasteiger partial charge in [-0.05, 0) is 37.7 Å². The molecule has 3 nitrogen and oxygen atoms in total. The third-order valence-corrected chi connectivity index (χ3v) is 1.70. The van der Waals surface area contributed by atoms with Gasteiger partial charge < -0.3 is 15.5 Å². The fourth-order valence-corrected chi connectivity index (χ4v) is 0.994. The summed E-state index contributed by atoms with van der Waals surface area (Å²) in [7, 11) is 1.88. The van der Waals surface area contributed by atoms with Gasteiger partial charge in [0.05, 0.1) is 0 Å². The highest BCUT2D eigenvalue weighted by Gasteiger charge is 1.99. The van der Waals surface area contributed by atoms with Gasteiger partial charge in [0.25, 0.3) is 0 Å². The van der Waals surface area contributed by atoms with Crippen molar-refractivity contribution in [3.63, 3.8) is 0 Å². The summed E-state index contributed by atoms with van der Waals surface area (Å²) in [5, 5.41) is 21.1. The van der Waals surface area contributed by atoms with Crippen LogP contribution < -0.4 is 5.32 Å². The summed E-state index contributed by atoms with van der Waals surface area (Å²) in [6.45, 7) is 5.12. The zero-order valence-corrected chi connectivity index (χ0v) is 9.75. The first-order valence-corrected chi connectivity index (χ1v) is 5.31. The Labute approximate surface area is 91.8 Å². The summed E-state index contributed by atoms with van der Waals surface area (Å²) >= 11 is 0. The topological polar surface area (TPSA) is 52.5 Å². The molecule has 3 heteroatoms. The van der Waals surface area contributed by atoms with E-state index in [1.165, 1.54) is 12.5 Å². The van der Waals surface area contributed by atoms with Gasteiger partial charge in [-0.25, -0.2) is 0 Å². The van der Waals surface area contributed by atoms with Gasteiger partial charge in [-0.1, -0.05) is 26.3 Å². The average molecular weight is 211 g/mol. The van der Waals surface area contributed by atoms with Crippen molar-refractivity contribution < 1.29 is 10.2 Å². The van der Waals surface area contributed by atoms with Gasteiger partial charge in [0.2, 0.25) is 0 Å². The van der Waals surface area contributed by atoms with Crippen molar-refractivity contribution in [2.24, 2.45) is 0 Å².